The standard InChI is InChI=1S/C14H24O3S/c1-5-17-12(15)8-18-11-6-9-10(13(9,2)3)7-14(11,4)16/h9-11,16H,5-8H2,1-4H3/t9-,10+,11-,14-/m0/s1. The van der Waals surface area contributed by atoms with Crippen molar-refractivity contribution in [1.82, 2.24) is 0 Å². The number of rotatable bonds is 4. The summed E-state index contributed by atoms with van der Waals surface area (Å²) in [6, 6.07) is 0. The number of carbonyl (C=O) groups excluding carboxylic acids is 1. The average Bonchev–Trinajstić information content (AvgIpc) is 2.75. The maximum Gasteiger partial charge on any atom is 0.315 e. The van der Waals surface area contributed by atoms with E-state index in [4.69, 9.17) is 4.74 Å². The minimum atomic E-state index is -0.647. The summed E-state index contributed by atoms with van der Waals surface area (Å²) in [4.78, 5) is 11.4. The number of ether oxygens (including phenoxy) is 1. The van der Waals surface area contributed by atoms with Crippen LogP contribution in [0, 0.1) is 17.3 Å². The van der Waals surface area contributed by atoms with Crippen LogP contribution < -0.4 is 0 Å². The molecule has 18 heavy (non-hydrogen) atoms. The molecule has 2 saturated carbocycles. The monoisotopic (exact) mass is 272 g/mol. The highest BCUT2D eigenvalue weighted by molar-refractivity contribution is 8.00. The molecule has 0 radical (unpaired) electrons. The molecule has 3 nitrogen and oxygen atoms in total. The minimum Gasteiger partial charge on any atom is -0.465 e. The Morgan fingerprint density at radius 2 is 2.06 bits per heavy atom. The molecule has 0 aromatic rings. The van der Waals surface area contributed by atoms with E-state index in [-0.39, 0.29) is 11.2 Å². The average molecular weight is 272 g/mol. The second-order valence-electron chi connectivity index (χ2n) is 6.44. The lowest BCUT2D eigenvalue weighted by atomic mass is 9.86. The van der Waals surface area contributed by atoms with Crippen LogP contribution in [-0.4, -0.2) is 34.3 Å². The lowest BCUT2D eigenvalue weighted by molar-refractivity contribution is -0.139. The highest BCUT2D eigenvalue weighted by atomic mass is 32.2. The van der Waals surface area contributed by atoms with E-state index in [0.717, 1.165) is 18.8 Å². The van der Waals surface area contributed by atoms with Crippen LogP contribution in [0.4, 0.5) is 0 Å². The van der Waals surface area contributed by atoms with Gasteiger partial charge in [0.05, 0.1) is 18.0 Å². The van der Waals surface area contributed by atoms with E-state index in [9.17, 15) is 9.90 Å². The van der Waals surface area contributed by atoms with Crippen molar-refractivity contribution < 1.29 is 14.6 Å². The van der Waals surface area contributed by atoms with Gasteiger partial charge < -0.3 is 9.84 Å². The molecular formula is C14H24O3S. The van der Waals surface area contributed by atoms with Crippen LogP contribution in [0.3, 0.4) is 0 Å². The molecule has 0 aromatic heterocycles. The van der Waals surface area contributed by atoms with Gasteiger partial charge in [0.2, 0.25) is 0 Å². The lowest BCUT2D eigenvalue weighted by Gasteiger charge is -2.36. The maximum atomic E-state index is 11.4. The van der Waals surface area contributed by atoms with Crippen molar-refractivity contribution in [3.8, 4) is 0 Å². The van der Waals surface area contributed by atoms with Crippen molar-refractivity contribution >= 4 is 17.7 Å². The molecule has 0 amide bonds. The van der Waals surface area contributed by atoms with Crippen LogP contribution in [0.2, 0.25) is 0 Å². The van der Waals surface area contributed by atoms with E-state index in [1.165, 1.54) is 0 Å². The van der Waals surface area contributed by atoms with Gasteiger partial charge in [0.25, 0.3) is 0 Å². The van der Waals surface area contributed by atoms with Crippen LogP contribution in [0.1, 0.15) is 40.5 Å². The fraction of sp³-hybridized carbons (Fsp3) is 0.929. The molecule has 0 bridgehead atoms. The van der Waals surface area contributed by atoms with Gasteiger partial charge in [-0.25, -0.2) is 0 Å². The van der Waals surface area contributed by atoms with Gasteiger partial charge in [0, 0.05) is 5.25 Å². The summed E-state index contributed by atoms with van der Waals surface area (Å²) >= 11 is 1.56. The number of fused-ring (bicyclic) bond motifs is 1. The Balaban J connectivity index is 1.90. The van der Waals surface area contributed by atoms with Crippen LogP contribution in [0.5, 0.6) is 0 Å². The van der Waals surface area contributed by atoms with Crippen molar-refractivity contribution in [2.24, 2.45) is 17.3 Å². The Hall–Kier alpha value is -0.220. The summed E-state index contributed by atoms with van der Waals surface area (Å²) in [6.45, 7) is 8.74. The van der Waals surface area contributed by atoms with E-state index in [2.05, 4.69) is 13.8 Å². The van der Waals surface area contributed by atoms with Gasteiger partial charge in [0.15, 0.2) is 0 Å². The third kappa shape index (κ3) is 2.55. The first-order valence-electron chi connectivity index (χ1n) is 6.78. The van der Waals surface area contributed by atoms with E-state index >= 15 is 0 Å². The van der Waals surface area contributed by atoms with Crippen LogP contribution in [-0.2, 0) is 9.53 Å². The Kier molecular flexibility index (Phi) is 3.72. The molecule has 4 atom stereocenters. The molecule has 1 N–H and O–H groups in total. The zero-order valence-corrected chi connectivity index (χ0v) is 12.5. The van der Waals surface area contributed by atoms with E-state index < -0.39 is 5.60 Å². The maximum absolute atomic E-state index is 11.4. The normalized spacial score (nSPS) is 41.1. The lowest BCUT2D eigenvalue weighted by Crippen LogP contribution is -2.41. The number of hydrogen-bond donors (Lipinski definition) is 1. The molecule has 2 aliphatic carbocycles. The smallest absolute Gasteiger partial charge is 0.315 e. The quantitative estimate of drug-likeness (QED) is 0.799. The van der Waals surface area contributed by atoms with Crippen LogP contribution >= 0.6 is 11.8 Å². The number of hydrogen-bond acceptors (Lipinski definition) is 4. The number of thioether (sulfide) groups is 1. The zero-order valence-electron chi connectivity index (χ0n) is 11.7. The molecular weight excluding hydrogens is 248 g/mol. The molecule has 0 spiro atoms. The number of carbonyl (C=O) groups is 1. The van der Waals surface area contributed by atoms with E-state index in [1.54, 1.807) is 11.8 Å². The number of esters is 1. The van der Waals surface area contributed by atoms with Crippen molar-refractivity contribution in [2.75, 3.05) is 12.4 Å². The minimum absolute atomic E-state index is 0.157. The summed E-state index contributed by atoms with van der Waals surface area (Å²) in [5, 5.41) is 10.7. The third-order valence-corrected chi connectivity index (χ3v) is 6.30. The first-order valence-corrected chi connectivity index (χ1v) is 7.83. The highest BCUT2D eigenvalue weighted by Gasteiger charge is 2.63. The molecule has 2 fully saturated rings. The topological polar surface area (TPSA) is 46.5 Å². The van der Waals surface area contributed by atoms with Crippen LogP contribution in [0.25, 0.3) is 0 Å². The van der Waals surface area contributed by atoms with Crippen molar-refractivity contribution in [1.29, 1.82) is 0 Å². The number of aliphatic hydroxyl groups is 1. The largest absolute Gasteiger partial charge is 0.465 e. The van der Waals surface area contributed by atoms with Crippen LogP contribution in [0.15, 0.2) is 0 Å². The molecule has 104 valence electrons. The third-order valence-electron chi connectivity index (χ3n) is 4.79. The van der Waals surface area contributed by atoms with Gasteiger partial charge in [-0.2, -0.15) is 0 Å². The summed E-state index contributed by atoms with van der Waals surface area (Å²) < 4.78 is 4.94. The molecule has 0 unspecified atom stereocenters. The second kappa shape index (κ2) is 4.71. The van der Waals surface area contributed by atoms with Crippen molar-refractivity contribution in [3.63, 3.8) is 0 Å². The first-order chi connectivity index (χ1) is 8.29. The van der Waals surface area contributed by atoms with Gasteiger partial charge in [-0.3, -0.25) is 4.79 Å². The Bertz CT molecular complexity index is 338. The summed E-state index contributed by atoms with van der Waals surface area (Å²) in [7, 11) is 0. The fourth-order valence-electron chi connectivity index (χ4n) is 3.41. The molecule has 0 aliphatic heterocycles. The van der Waals surface area contributed by atoms with Crippen molar-refractivity contribution in [3.05, 3.63) is 0 Å². The Morgan fingerprint density at radius 3 is 2.67 bits per heavy atom. The van der Waals surface area contributed by atoms with Gasteiger partial charge in [-0.15, -0.1) is 11.8 Å². The summed E-state index contributed by atoms with van der Waals surface area (Å²) in [5.74, 6) is 1.56. The van der Waals surface area contributed by atoms with Gasteiger partial charge in [-0.1, -0.05) is 13.8 Å². The predicted octanol–water partition coefficient (Wildman–Crippen LogP) is 2.47. The van der Waals surface area contributed by atoms with E-state index in [1.807, 2.05) is 13.8 Å². The molecule has 0 aromatic carbocycles. The SMILES string of the molecule is CCOC(=O)CS[C@H]1C[C@H]2[C@@H](C[C@]1(C)O)C2(C)C. The first kappa shape index (κ1) is 14.2. The highest BCUT2D eigenvalue weighted by Crippen LogP contribution is 2.67. The molecule has 0 heterocycles. The van der Waals surface area contributed by atoms with Crippen molar-refractivity contribution in [2.45, 2.75) is 51.4 Å². The molecule has 2 aliphatic rings. The Morgan fingerprint density at radius 1 is 1.39 bits per heavy atom. The zero-order chi connectivity index (χ0) is 13.6. The molecule has 2 rings (SSSR count). The summed E-state index contributed by atoms with van der Waals surface area (Å²) in [6.07, 6.45) is 1.89. The van der Waals surface area contributed by atoms with Gasteiger partial charge in [0.1, 0.15) is 0 Å². The van der Waals surface area contributed by atoms with Gasteiger partial charge in [-0.05, 0) is 43.9 Å². The Labute approximate surface area is 114 Å². The molecule has 0 saturated heterocycles. The summed E-state index contributed by atoms with van der Waals surface area (Å²) in [5.41, 5.74) is -0.269. The fourth-order valence-corrected chi connectivity index (χ4v) is 4.63. The molecule has 4 heteroatoms. The van der Waals surface area contributed by atoms with E-state index in [0.29, 0.717) is 23.7 Å². The van der Waals surface area contributed by atoms with Gasteiger partial charge >= 0.3 is 5.97 Å². The second-order valence-corrected chi connectivity index (χ2v) is 7.63. The predicted molar refractivity (Wildman–Crippen MR) is 73.5 cm³/mol.